The van der Waals surface area contributed by atoms with Gasteiger partial charge in [0.15, 0.2) is 0 Å². The molecule has 0 radical (unpaired) electrons. The molecule has 1 saturated heterocycles. The number of aliphatic hydroxyl groups excluding tert-OH is 1. The van der Waals surface area contributed by atoms with E-state index in [1.165, 1.54) is 11.3 Å². The third-order valence-corrected chi connectivity index (χ3v) is 4.56. The number of hydrogen-bond acceptors (Lipinski definition) is 4. The summed E-state index contributed by atoms with van der Waals surface area (Å²) in [4.78, 5) is 18.5. The van der Waals surface area contributed by atoms with E-state index in [0.717, 1.165) is 35.8 Å². The van der Waals surface area contributed by atoms with Crippen LogP contribution < -0.4 is 0 Å². The van der Waals surface area contributed by atoms with Gasteiger partial charge < -0.3 is 14.9 Å². The average Bonchev–Trinajstić information content (AvgIpc) is 2.85. The predicted octanol–water partition coefficient (Wildman–Crippen LogP) is 1.65. The van der Waals surface area contributed by atoms with Gasteiger partial charge in [-0.1, -0.05) is 11.8 Å². The fraction of sp³-hybridized carbons (Fsp3) is 0.562. The van der Waals surface area contributed by atoms with Crippen LogP contribution in [0.4, 0.5) is 0 Å². The molecule has 1 aromatic heterocycles. The first-order valence-electron chi connectivity index (χ1n) is 7.31. The number of aliphatic hydroxyl groups is 1. The van der Waals surface area contributed by atoms with Gasteiger partial charge in [0.05, 0.1) is 16.4 Å². The molecule has 4 nitrogen and oxygen atoms in total. The van der Waals surface area contributed by atoms with Crippen LogP contribution >= 0.6 is 11.3 Å². The molecule has 1 aromatic rings. The Bertz CT molecular complexity index is 544. The third kappa shape index (κ3) is 4.31. The minimum atomic E-state index is 0.0724. The summed E-state index contributed by atoms with van der Waals surface area (Å²) in [6, 6.07) is 3.98. The molecule has 114 valence electrons. The topological polar surface area (TPSA) is 43.8 Å². The molecule has 0 saturated carbocycles. The van der Waals surface area contributed by atoms with Crippen LogP contribution in [-0.4, -0.2) is 60.1 Å². The first-order chi connectivity index (χ1) is 10.1. The summed E-state index contributed by atoms with van der Waals surface area (Å²) in [5.74, 6) is 5.98. The van der Waals surface area contributed by atoms with E-state index in [-0.39, 0.29) is 18.6 Å². The molecule has 1 unspecified atom stereocenters. The minimum absolute atomic E-state index is 0.0724. The molecule has 1 aliphatic rings. The van der Waals surface area contributed by atoms with E-state index in [4.69, 9.17) is 5.11 Å². The van der Waals surface area contributed by atoms with Gasteiger partial charge >= 0.3 is 0 Å². The Morgan fingerprint density at radius 2 is 2.29 bits per heavy atom. The highest BCUT2D eigenvalue weighted by Crippen LogP contribution is 2.20. The van der Waals surface area contributed by atoms with Crippen molar-refractivity contribution in [3.8, 4) is 11.8 Å². The van der Waals surface area contributed by atoms with Gasteiger partial charge in [-0.25, -0.2) is 0 Å². The summed E-state index contributed by atoms with van der Waals surface area (Å²) in [6.07, 6.45) is 1.48. The van der Waals surface area contributed by atoms with Crippen molar-refractivity contribution in [2.75, 3.05) is 33.3 Å². The summed E-state index contributed by atoms with van der Waals surface area (Å²) in [5.41, 5.74) is 0. The van der Waals surface area contributed by atoms with E-state index in [0.29, 0.717) is 6.42 Å². The van der Waals surface area contributed by atoms with Crippen LogP contribution in [0.1, 0.15) is 34.3 Å². The zero-order valence-electron chi connectivity index (χ0n) is 12.6. The Morgan fingerprint density at radius 1 is 1.48 bits per heavy atom. The Kier molecular flexibility index (Phi) is 5.80. The maximum Gasteiger partial charge on any atom is 0.264 e. The van der Waals surface area contributed by atoms with Gasteiger partial charge in [-0.15, -0.1) is 11.3 Å². The summed E-state index contributed by atoms with van der Waals surface area (Å²) < 4.78 is 0. The van der Waals surface area contributed by atoms with Crippen molar-refractivity contribution in [3.05, 3.63) is 21.9 Å². The predicted molar refractivity (Wildman–Crippen MR) is 85.5 cm³/mol. The highest BCUT2D eigenvalue weighted by atomic mass is 32.1. The minimum Gasteiger partial charge on any atom is -0.395 e. The smallest absolute Gasteiger partial charge is 0.264 e. The van der Waals surface area contributed by atoms with E-state index in [1.54, 1.807) is 0 Å². The summed E-state index contributed by atoms with van der Waals surface area (Å²) in [6.45, 7) is 4.95. The molecule has 0 bridgehead atoms. The fourth-order valence-corrected chi connectivity index (χ4v) is 3.38. The van der Waals surface area contributed by atoms with Crippen molar-refractivity contribution in [1.29, 1.82) is 0 Å². The molecule has 21 heavy (non-hydrogen) atoms. The quantitative estimate of drug-likeness (QED) is 0.845. The molecular formula is C16H22N2O2S. The van der Waals surface area contributed by atoms with Crippen LogP contribution in [0.5, 0.6) is 0 Å². The number of hydrogen-bond donors (Lipinski definition) is 1. The Hall–Kier alpha value is -1.35. The highest BCUT2D eigenvalue weighted by molar-refractivity contribution is 7.14. The summed E-state index contributed by atoms with van der Waals surface area (Å²) >= 11 is 1.43. The zero-order valence-corrected chi connectivity index (χ0v) is 13.4. The monoisotopic (exact) mass is 306 g/mol. The number of carbonyl (C=O) groups excluding carboxylic acids is 1. The molecule has 0 aliphatic carbocycles. The number of amides is 1. The second kappa shape index (κ2) is 7.60. The molecule has 2 heterocycles. The molecule has 0 aromatic carbocycles. The van der Waals surface area contributed by atoms with Crippen LogP contribution in [0.15, 0.2) is 12.1 Å². The summed E-state index contributed by atoms with van der Waals surface area (Å²) in [5, 5.41) is 8.72. The summed E-state index contributed by atoms with van der Waals surface area (Å²) in [7, 11) is 2.10. The molecule has 1 N–H and O–H groups in total. The molecule has 1 aliphatic heterocycles. The normalized spacial score (nSPS) is 19.8. The van der Waals surface area contributed by atoms with E-state index in [1.807, 2.05) is 17.0 Å². The molecule has 1 amide bonds. The van der Waals surface area contributed by atoms with E-state index >= 15 is 0 Å². The highest BCUT2D eigenvalue weighted by Gasteiger charge is 2.25. The van der Waals surface area contributed by atoms with Gasteiger partial charge in [0.25, 0.3) is 5.91 Å². The van der Waals surface area contributed by atoms with Crippen molar-refractivity contribution in [2.24, 2.45) is 0 Å². The molecule has 0 spiro atoms. The van der Waals surface area contributed by atoms with Crippen molar-refractivity contribution in [2.45, 2.75) is 25.8 Å². The van der Waals surface area contributed by atoms with Gasteiger partial charge in [0.2, 0.25) is 0 Å². The number of nitrogens with zero attached hydrogens (tertiary/aromatic N) is 2. The maximum atomic E-state index is 12.6. The van der Waals surface area contributed by atoms with Gasteiger partial charge in [-0.2, -0.15) is 0 Å². The van der Waals surface area contributed by atoms with E-state index in [2.05, 4.69) is 30.7 Å². The molecule has 1 atom stereocenters. The maximum absolute atomic E-state index is 12.6. The van der Waals surface area contributed by atoms with Crippen molar-refractivity contribution in [1.82, 2.24) is 9.80 Å². The van der Waals surface area contributed by atoms with Gasteiger partial charge in [-0.3, -0.25) is 4.79 Å². The number of rotatable bonds is 2. The van der Waals surface area contributed by atoms with Gasteiger partial charge in [0.1, 0.15) is 0 Å². The standard InChI is InChI=1S/C16H22N2O2S/c1-13-12-17(2)9-5-10-18(13)16(20)15-8-7-14(21-15)6-3-4-11-19/h7-8,13,19H,4-5,9-12H2,1-2H3. The van der Waals surface area contributed by atoms with Crippen LogP contribution in [0.3, 0.4) is 0 Å². The lowest BCUT2D eigenvalue weighted by Gasteiger charge is -2.27. The van der Waals surface area contributed by atoms with Crippen LogP contribution in [0, 0.1) is 11.8 Å². The first kappa shape index (κ1) is 16.0. The average molecular weight is 306 g/mol. The Balaban J connectivity index is 2.07. The molecular weight excluding hydrogens is 284 g/mol. The Morgan fingerprint density at radius 3 is 3.05 bits per heavy atom. The van der Waals surface area contributed by atoms with Gasteiger partial charge in [0, 0.05) is 25.6 Å². The largest absolute Gasteiger partial charge is 0.395 e. The molecule has 5 heteroatoms. The molecule has 1 fully saturated rings. The SMILES string of the molecule is CC1CN(C)CCCN1C(=O)c1ccc(C#CCCO)s1. The van der Waals surface area contributed by atoms with Gasteiger partial charge in [-0.05, 0) is 39.1 Å². The van der Waals surface area contributed by atoms with Crippen LogP contribution in [0.25, 0.3) is 0 Å². The van der Waals surface area contributed by atoms with E-state index in [9.17, 15) is 4.79 Å². The lowest BCUT2D eigenvalue weighted by molar-refractivity contribution is 0.0701. The number of carbonyl (C=O) groups is 1. The van der Waals surface area contributed by atoms with Crippen molar-refractivity contribution < 1.29 is 9.90 Å². The first-order valence-corrected chi connectivity index (χ1v) is 8.12. The number of likely N-dealkylation sites (N-methyl/N-ethyl adjacent to an activating group) is 1. The van der Waals surface area contributed by atoms with E-state index < -0.39 is 0 Å². The van der Waals surface area contributed by atoms with Crippen LogP contribution in [0.2, 0.25) is 0 Å². The second-order valence-corrected chi connectivity index (χ2v) is 6.49. The van der Waals surface area contributed by atoms with Crippen molar-refractivity contribution in [3.63, 3.8) is 0 Å². The lowest BCUT2D eigenvalue weighted by Crippen LogP contribution is -2.41. The molecule has 2 rings (SSSR count). The number of thiophene rings is 1. The lowest BCUT2D eigenvalue weighted by atomic mass is 10.2. The Labute approximate surface area is 130 Å². The van der Waals surface area contributed by atoms with Crippen LogP contribution in [-0.2, 0) is 0 Å². The second-order valence-electron chi connectivity index (χ2n) is 5.40. The fourth-order valence-electron chi connectivity index (χ4n) is 2.54. The third-order valence-electron chi connectivity index (χ3n) is 3.57. The zero-order chi connectivity index (χ0) is 15.2. The van der Waals surface area contributed by atoms with Crippen molar-refractivity contribution >= 4 is 17.2 Å².